The number of rotatable bonds is 1. The van der Waals surface area contributed by atoms with Crippen LogP contribution in [0.25, 0.3) is 0 Å². The Morgan fingerprint density at radius 3 is 2.59 bits per heavy atom. The third-order valence-electron chi connectivity index (χ3n) is 3.87. The summed E-state index contributed by atoms with van der Waals surface area (Å²) in [7, 11) is 0. The lowest BCUT2D eigenvalue weighted by Crippen LogP contribution is -2.45. The summed E-state index contributed by atoms with van der Waals surface area (Å²) in [5, 5.41) is 3.29. The van der Waals surface area contributed by atoms with Gasteiger partial charge in [0.15, 0.2) is 0 Å². The van der Waals surface area contributed by atoms with Gasteiger partial charge in [0, 0.05) is 19.6 Å². The minimum atomic E-state index is -0.104. The van der Waals surface area contributed by atoms with Gasteiger partial charge in [-0.25, -0.2) is 4.79 Å². The van der Waals surface area contributed by atoms with Gasteiger partial charge in [-0.3, -0.25) is 0 Å². The largest absolute Gasteiger partial charge is 0.444 e. The molecule has 4 nitrogen and oxygen atoms in total. The van der Waals surface area contributed by atoms with Gasteiger partial charge < -0.3 is 15.0 Å². The summed E-state index contributed by atoms with van der Waals surface area (Å²) in [6, 6.07) is 0. The van der Waals surface area contributed by atoms with E-state index in [-0.39, 0.29) is 12.2 Å². The molecular formula is C13H24N2O2. The van der Waals surface area contributed by atoms with E-state index in [4.69, 9.17) is 4.74 Å². The van der Waals surface area contributed by atoms with E-state index in [1.54, 1.807) is 0 Å². The predicted octanol–water partition coefficient (Wildman–Crippen LogP) is 2.00. The number of hydrogen-bond acceptors (Lipinski definition) is 3. The van der Waals surface area contributed by atoms with Crippen molar-refractivity contribution in [3.05, 3.63) is 0 Å². The molecule has 2 heterocycles. The molecule has 2 fully saturated rings. The zero-order chi connectivity index (χ0) is 12.1. The van der Waals surface area contributed by atoms with Crippen LogP contribution in [0.5, 0.6) is 0 Å². The lowest BCUT2D eigenvalue weighted by Gasteiger charge is -2.31. The first-order valence-electron chi connectivity index (χ1n) is 6.93. The smallest absolute Gasteiger partial charge is 0.410 e. The van der Waals surface area contributed by atoms with Crippen LogP contribution in [0.1, 0.15) is 39.0 Å². The maximum absolute atomic E-state index is 12.0. The molecule has 2 aliphatic heterocycles. The summed E-state index contributed by atoms with van der Waals surface area (Å²) in [5.41, 5.74) is 0. The lowest BCUT2D eigenvalue weighted by molar-refractivity contribution is 0.0279. The highest BCUT2D eigenvalue weighted by Gasteiger charge is 2.27. The van der Waals surface area contributed by atoms with Crippen LogP contribution < -0.4 is 5.32 Å². The van der Waals surface area contributed by atoms with E-state index in [9.17, 15) is 4.79 Å². The van der Waals surface area contributed by atoms with E-state index < -0.39 is 0 Å². The maximum Gasteiger partial charge on any atom is 0.410 e. The molecule has 2 atom stereocenters. The van der Waals surface area contributed by atoms with Crippen molar-refractivity contribution in [3.63, 3.8) is 0 Å². The molecule has 2 saturated heterocycles. The minimum Gasteiger partial charge on any atom is -0.444 e. The van der Waals surface area contributed by atoms with Crippen LogP contribution in [0.3, 0.4) is 0 Å². The van der Waals surface area contributed by atoms with Crippen molar-refractivity contribution in [1.82, 2.24) is 10.2 Å². The molecule has 17 heavy (non-hydrogen) atoms. The molecule has 98 valence electrons. The number of carbonyl (C=O) groups is 1. The molecule has 0 aromatic carbocycles. The van der Waals surface area contributed by atoms with Crippen LogP contribution in [0, 0.1) is 5.92 Å². The Bertz CT molecular complexity index is 250. The van der Waals surface area contributed by atoms with Crippen LogP contribution >= 0.6 is 0 Å². The molecule has 0 aromatic rings. The number of hydrogen-bond donors (Lipinski definition) is 1. The molecule has 0 radical (unpaired) electrons. The predicted molar refractivity (Wildman–Crippen MR) is 67.0 cm³/mol. The second-order valence-electron chi connectivity index (χ2n) is 5.29. The second kappa shape index (κ2) is 6.24. The molecule has 0 aliphatic carbocycles. The molecular weight excluding hydrogens is 216 g/mol. The van der Waals surface area contributed by atoms with Gasteiger partial charge in [-0.1, -0.05) is 19.8 Å². The van der Waals surface area contributed by atoms with Crippen molar-refractivity contribution in [2.45, 2.75) is 45.1 Å². The van der Waals surface area contributed by atoms with E-state index in [0.29, 0.717) is 5.92 Å². The number of ether oxygens (including phenoxy) is 1. The number of nitrogens with one attached hydrogen (secondary N) is 1. The fraction of sp³-hybridized carbons (Fsp3) is 0.923. The van der Waals surface area contributed by atoms with Gasteiger partial charge in [0.25, 0.3) is 0 Å². The summed E-state index contributed by atoms with van der Waals surface area (Å²) >= 11 is 0. The van der Waals surface area contributed by atoms with Crippen LogP contribution in [0.15, 0.2) is 0 Å². The van der Waals surface area contributed by atoms with Crippen LogP contribution in [-0.2, 0) is 4.74 Å². The molecule has 0 bridgehead atoms. The van der Waals surface area contributed by atoms with Crippen molar-refractivity contribution in [2.24, 2.45) is 5.92 Å². The number of nitrogens with zero attached hydrogens (tertiary/aromatic N) is 1. The highest BCUT2D eigenvalue weighted by Crippen LogP contribution is 2.17. The average Bonchev–Trinajstić information content (AvgIpc) is 2.61. The van der Waals surface area contributed by atoms with Crippen LogP contribution in [0.4, 0.5) is 4.79 Å². The van der Waals surface area contributed by atoms with Gasteiger partial charge in [0.1, 0.15) is 6.10 Å². The van der Waals surface area contributed by atoms with E-state index in [1.807, 2.05) is 4.90 Å². The average molecular weight is 240 g/mol. The first kappa shape index (κ1) is 12.7. The SMILES string of the molecule is CC1CCNCC1OC(=O)N1CCCCCC1. The fourth-order valence-electron chi connectivity index (χ4n) is 2.58. The quantitative estimate of drug-likeness (QED) is 0.762. The standard InChI is InChI=1S/C13H24N2O2/c1-11-6-7-14-10-12(11)17-13(16)15-8-4-2-3-5-9-15/h11-12,14H,2-10H2,1H3. The number of carbonyl (C=O) groups excluding carboxylic acids is 1. The minimum absolute atomic E-state index is 0.0551. The Labute approximate surface area is 104 Å². The first-order chi connectivity index (χ1) is 8.27. The van der Waals surface area contributed by atoms with Crippen molar-refractivity contribution in [3.8, 4) is 0 Å². The van der Waals surface area contributed by atoms with Gasteiger partial charge in [-0.2, -0.15) is 0 Å². The molecule has 0 aromatic heterocycles. The molecule has 0 spiro atoms. The molecule has 2 rings (SSSR count). The maximum atomic E-state index is 12.0. The van der Waals surface area contributed by atoms with E-state index in [0.717, 1.165) is 45.4 Å². The molecule has 1 amide bonds. The molecule has 4 heteroatoms. The van der Waals surface area contributed by atoms with Gasteiger partial charge in [-0.15, -0.1) is 0 Å². The number of amides is 1. The van der Waals surface area contributed by atoms with Crippen LogP contribution in [0.2, 0.25) is 0 Å². The zero-order valence-corrected chi connectivity index (χ0v) is 10.8. The summed E-state index contributed by atoms with van der Waals surface area (Å²) < 4.78 is 5.62. The van der Waals surface area contributed by atoms with Gasteiger partial charge in [0.2, 0.25) is 0 Å². The molecule has 2 aliphatic rings. The lowest BCUT2D eigenvalue weighted by atomic mass is 9.97. The van der Waals surface area contributed by atoms with E-state index in [2.05, 4.69) is 12.2 Å². The molecule has 2 unspecified atom stereocenters. The van der Waals surface area contributed by atoms with Gasteiger partial charge in [0.05, 0.1) is 0 Å². The molecule has 1 N–H and O–H groups in total. The Morgan fingerprint density at radius 2 is 1.94 bits per heavy atom. The van der Waals surface area contributed by atoms with Crippen molar-refractivity contribution < 1.29 is 9.53 Å². The van der Waals surface area contributed by atoms with E-state index in [1.165, 1.54) is 12.8 Å². The third kappa shape index (κ3) is 3.60. The second-order valence-corrected chi connectivity index (χ2v) is 5.29. The highest BCUT2D eigenvalue weighted by atomic mass is 16.6. The molecule has 0 saturated carbocycles. The topological polar surface area (TPSA) is 41.6 Å². The Hall–Kier alpha value is -0.770. The van der Waals surface area contributed by atoms with Crippen molar-refractivity contribution in [1.29, 1.82) is 0 Å². The van der Waals surface area contributed by atoms with E-state index >= 15 is 0 Å². The van der Waals surface area contributed by atoms with Crippen molar-refractivity contribution >= 4 is 6.09 Å². The summed E-state index contributed by atoms with van der Waals surface area (Å²) in [6.45, 7) is 5.75. The normalized spacial score (nSPS) is 30.8. The van der Waals surface area contributed by atoms with Crippen molar-refractivity contribution in [2.75, 3.05) is 26.2 Å². The third-order valence-corrected chi connectivity index (χ3v) is 3.87. The summed E-state index contributed by atoms with van der Waals surface area (Å²) in [4.78, 5) is 13.9. The monoisotopic (exact) mass is 240 g/mol. The Balaban J connectivity index is 1.82. The number of likely N-dealkylation sites (tertiary alicyclic amines) is 1. The van der Waals surface area contributed by atoms with Gasteiger partial charge in [-0.05, 0) is 31.7 Å². The van der Waals surface area contributed by atoms with Gasteiger partial charge >= 0.3 is 6.09 Å². The van der Waals surface area contributed by atoms with Crippen LogP contribution in [-0.4, -0.2) is 43.3 Å². The summed E-state index contributed by atoms with van der Waals surface area (Å²) in [5.74, 6) is 0.479. The Morgan fingerprint density at radius 1 is 1.24 bits per heavy atom. The fourth-order valence-corrected chi connectivity index (χ4v) is 2.58. The number of piperidine rings is 1. The first-order valence-corrected chi connectivity index (χ1v) is 6.93. The Kier molecular flexibility index (Phi) is 4.66. The summed E-state index contributed by atoms with van der Waals surface area (Å²) in [6.07, 6.45) is 5.77. The zero-order valence-electron chi connectivity index (χ0n) is 10.8. The highest BCUT2D eigenvalue weighted by molar-refractivity contribution is 5.67.